The van der Waals surface area contributed by atoms with Crippen LogP contribution in [0.4, 0.5) is 9.59 Å². The van der Waals surface area contributed by atoms with Gasteiger partial charge in [0, 0.05) is 26.3 Å². The highest BCUT2D eigenvalue weighted by molar-refractivity contribution is 5.93. The van der Waals surface area contributed by atoms with Crippen molar-refractivity contribution in [2.45, 2.75) is 96.4 Å². The molecule has 1 aliphatic rings. The molecule has 18 nitrogen and oxygen atoms in total. The fraction of sp³-hybridized carbons (Fsp3) is 0.567. The number of carbonyl (C=O) groups is 5. The molecule has 1 aromatic heterocycles. The third kappa shape index (κ3) is 12.6. The zero-order valence-corrected chi connectivity index (χ0v) is 27.6. The highest BCUT2D eigenvalue weighted by Gasteiger charge is 2.37. The molecule has 262 valence electrons. The number of methoxy groups -OCH3 is 1. The second-order valence-electron chi connectivity index (χ2n) is 12.0. The van der Waals surface area contributed by atoms with Crippen molar-refractivity contribution < 1.29 is 38.2 Å². The smallest absolute Gasteiger partial charge is 0.408 e. The Morgan fingerprint density at radius 1 is 1.12 bits per heavy atom. The van der Waals surface area contributed by atoms with Crippen LogP contribution in [0.25, 0.3) is 0 Å². The Balaban J connectivity index is 1.78. The quantitative estimate of drug-likeness (QED) is 0.117. The number of tetrazole rings is 1. The molecule has 3 rings (SSSR count). The van der Waals surface area contributed by atoms with Gasteiger partial charge in [0.2, 0.25) is 11.8 Å². The van der Waals surface area contributed by atoms with Crippen molar-refractivity contribution in [3.05, 3.63) is 41.7 Å². The monoisotopic (exact) mass is 672 g/mol. The van der Waals surface area contributed by atoms with Gasteiger partial charge in [-0.25, -0.2) is 19.7 Å². The number of aryl methyl sites for hydroxylation is 1. The zero-order valence-electron chi connectivity index (χ0n) is 27.6. The number of amides is 5. The van der Waals surface area contributed by atoms with Crippen LogP contribution in [0.5, 0.6) is 0 Å². The normalized spacial score (nSPS) is 16.1. The van der Waals surface area contributed by atoms with Crippen LogP contribution in [0.15, 0.2) is 35.4 Å². The van der Waals surface area contributed by atoms with Crippen molar-refractivity contribution in [3.8, 4) is 0 Å². The van der Waals surface area contributed by atoms with Crippen molar-refractivity contribution in [2.24, 2.45) is 10.8 Å². The van der Waals surface area contributed by atoms with Crippen LogP contribution in [0, 0.1) is 0 Å². The van der Waals surface area contributed by atoms with E-state index in [1.54, 1.807) is 32.9 Å². The van der Waals surface area contributed by atoms with Crippen molar-refractivity contribution in [1.29, 1.82) is 0 Å². The maximum Gasteiger partial charge on any atom is 0.408 e. The lowest BCUT2D eigenvalue weighted by atomic mass is 9.98. The molecule has 2 aromatic rings. The largest absolute Gasteiger partial charge is 0.460 e. The molecule has 2 heterocycles. The molecule has 5 amide bonds. The van der Waals surface area contributed by atoms with E-state index in [9.17, 15) is 24.0 Å². The lowest BCUT2D eigenvalue weighted by Crippen LogP contribution is -2.58. The number of nitrogens with one attached hydrogen (secondary N) is 3. The molecular formula is C30H44N10O8. The summed E-state index contributed by atoms with van der Waals surface area (Å²) in [7, 11) is 1.49. The maximum absolute atomic E-state index is 14.1. The van der Waals surface area contributed by atoms with E-state index < -0.39 is 53.6 Å². The first-order valence-electron chi connectivity index (χ1n) is 15.5. The summed E-state index contributed by atoms with van der Waals surface area (Å²) in [4.78, 5) is 65.8. The van der Waals surface area contributed by atoms with Crippen LogP contribution in [-0.4, -0.2) is 98.6 Å². The molecule has 0 unspecified atom stereocenters. The lowest BCUT2D eigenvalue weighted by molar-refractivity contribution is -0.155. The van der Waals surface area contributed by atoms with Crippen LogP contribution in [0.1, 0.15) is 64.3 Å². The third-order valence-electron chi connectivity index (χ3n) is 6.97. The predicted octanol–water partition coefficient (Wildman–Crippen LogP) is 0.756. The minimum Gasteiger partial charge on any atom is -0.460 e. The number of aromatic nitrogens is 4. The van der Waals surface area contributed by atoms with Crippen LogP contribution in [0.2, 0.25) is 0 Å². The van der Waals surface area contributed by atoms with Gasteiger partial charge in [0.15, 0.2) is 5.82 Å². The number of nitrogens with two attached hydrogens (primary N) is 1. The number of primary amides is 1. The molecule has 18 heteroatoms. The average Bonchev–Trinajstić information content (AvgIpc) is 3.48. The molecule has 0 bridgehead atoms. The van der Waals surface area contributed by atoms with Crippen LogP contribution in [0.3, 0.4) is 0 Å². The number of rotatable bonds is 15. The number of hydrogen-bond donors (Lipinski definition) is 4. The van der Waals surface area contributed by atoms with Crippen molar-refractivity contribution in [3.63, 3.8) is 0 Å². The van der Waals surface area contributed by atoms with E-state index >= 15 is 0 Å². The van der Waals surface area contributed by atoms with E-state index in [0.29, 0.717) is 25.1 Å². The summed E-state index contributed by atoms with van der Waals surface area (Å²) in [6, 6.07) is 5.08. The highest BCUT2D eigenvalue weighted by Crippen LogP contribution is 2.20. The number of carbonyl (C=O) groups excluding carboxylic acids is 5. The number of likely N-dealkylation sites (tertiary alicyclic amines) is 1. The van der Waals surface area contributed by atoms with E-state index in [1.807, 2.05) is 23.6 Å². The Morgan fingerprint density at radius 3 is 2.56 bits per heavy atom. The van der Waals surface area contributed by atoms with Gasteiger partial charge in [-0.1, -0.05) is 30.3 Å². The van der Waals surface area contributed by atoms with Gasteiger partial charge in [0.05, 0.1) is 12.5 Å². The summed E-state index contributed by atoms with van der Waals surface area (Å²) < 4.78 is 17.3. The number of benzene rings is 1. The standard InChI is InChI=1S/C30H44N10O8/c1-30(2,3)48-25(41)16-21(17-32-36-28(31)44)33-26(42)23-12-8-9-15-39(23)27(43)22(13-14-24-35-37-38-40(24)19-46-4)34-29(45)47-18-20-10-6-5-7-11-20/h5-7,10-11,17,21-23H,8-9,12-16,18-19H2,1-4H3,(H,33,42)(H,34,45)(H3,31,36,44)/b32-17+/t21-,22-,23-/m0/s1. The molecule has 5 N–H and O–H groups in total. The predicted molar refractivity (Wildman–Crippen MR) is 170 cm³/mol. The van der Waals surface area contributed by atoms with Crippen molar-refractivity contribution >= 4 is 36.1 Å². The first-order chi connectivity index (χ1) is 22.9. The highest BCUT2D eigenvalue weighted by atomic mass is 16.6. The van der Waals surface area contributed by atoms with E-state index in [1.165, 1.54) is 16.7 Å². The number of alkyl carbamates (subject to hydrolysis) is 1. The molecule has 1 aliphatic heterocycles. The Labute approximate surface area is 278 Å². The lowest BCUT2D eigenvalue weighted by Gasteiger charge is -2.37. The number of nitrogens with zero attached hydrogens (tertiary/aromatic N) is 6. The van der Waals surface area contributed by atoms with Crippen molar-refractivity contribution in [2.75, 3.05) is 13.7 Å². The fourth-order valence-corrected chi connectivity index (χ4v) is 4.90. The number of piperidine rings is 1. The van der Waals surface area contributed by atoms with E-state index in [0.717, 1.165) is 11.8 Å². The van der Waals surface area contributed by atoms with Gasteiger partial charge in [-0.15, -0.1) is 5.10 Å². The summed E-state index contributed by atoms with van der Waals surface area (Å²) in [5.74, 6) is -1.26. The summed E-state index contributed by atoms with van der Waals surface area (Å²) in [5.41, 5.74) is 7.09. The van der Waals surface area contributed by atoms with Gasteiger partial charge >= 0.3 is 18.1 Å². The van der Waals surface area contributed by atoms with Gasteiger partial charge in [-0.3, -0.25) is 14.4 Å². The molecule has 0 spiro atoms. The number of hydrogen-bond acceptors (Lipinski definition) is 12. The molecule has 1 aromatic carbocycles. The molecule has 0 aliphatic carbocycles. The topological polar surface area (TPSA) is 234 Å². The van der Waals surface area contributed by atoms with E-state index in [2.05, 4.69) is 31.3 Å². The SMILES string of the molecule is COCn1nnnc1CC[C@H](NC(=O)OCc1ccccc1)C(=O)N1CCCC[C@H]1C(=O)N[C@H](/C=N/NC(N)=O)CC(=O)OC(C)(C)C. The maximum atomic E-state index is 14.1. The molecule has 0 saturated carbocycles. The van der Waals surface area contributed by atoms with E-state index in [4.69, 9.17) is 19.9 Å². The summed E-state index contributed by atoms with van der Waals surface area (Å²) >= 11 is 0. The average molecular weight is 673 g/mol. The number of urea groups is 1. The first kappa shape index (κ1) is 37.3. The molecule has 48 heavy (non-hydrogen) atoms. The Kier molecular flexibility index (Phi) is 14.2. The molecule has 3 atom stereocenters. The first-order valence-corrected chi connectivity index (χ1v) is 15.5. The second-order valence-corrected chi connectivity index (χ2v) is 12.0. The molecule has 1 saturated heterocycles. The Hall–Kier alpha value is -5.13. The second kappa shape index (κ2) is 18.3. The Bertz CT molecular complexity index is 1410. The Morgan fingerprint density at radius 2 is 1.88 bits per heavy atom. The van der Waals surface area contributed by atoms with Gasteiger partial charge < -0.3 is 35.5 Å². The minimum absolute atomic E-state index is 0.0143. The summed E-state index contributed by atoms with van der Waals surface area (Å²) in [6.07, 6.45) is 1.91. The van der Waals surface area contributed by atoms with E-state index in [-0.39, 0.29) is 39.1 Å². The van der Waals surface area contributed by atoms with Gasteiger partial charge in [-0.05, 0) is 62.4 Å². The van der Waals surface area contributed by atoms with Crippen LogP contribution >= 0.6 is 0 Å². The van der Waals surface area contributed by atoms with Gasteiger partial charge in [0.25, 0.3) is 0 Å². The molecular weight excluding hydrogens is 628 g/mol. The number of esters is 1. The fourth-order valence-electron chi connectivity index (χ4n) is 4.90. The molecule has 1 fully saturated rings. The van der Waals surface area contributed by atoms with Crippen LogP contribution in [-0.2, 0) is 48.4 Å². The minimum atomic E-state index is -1.10. The third-order valence-corrected chi connectivity index (χ3v) is 6.97. The zero-order chi connectivity index (χ0) is 35.1. The van der Waals surface area contributed by atoms with Crippen LogP contribution < -0.4 is 21.8 Å². The number of hydrazone groups is 1. The summed E-state index contributed by atoms with van der Waals surface area (Å²) in [6.45, 7) is 5.42. The number of ether oxygens (including phenoxy) is 3. The molecule has 0 radical (unpaired) electrons. The summed E-state index contributed by atoms with van der Waals surface area (Å²) in [5, 5.41) is 20.6. The van der Waals surface area contributed by atoms with Gasteiger partial charge in [0.1, 0.15) is 31.0 Å². The van der Waals surface area contributed by atoms with Crippen molar-refractivity contribution in [1.82, 2.24) is 41.2 Å². The van der Waals surface area contributed by atoms with Gasteiger partial charge in [-0.2, -0.15) is 5.10 Å².